The Bertz CT molecular complexity index is 990. The van der Waals surface area contributed by atoms with Gasteiger partial charge in [0.25, 0.3) is 5.69 Å². The Morgan fingerprint density at radius 2 is 1.87 bits per heavy atom. The number of nitro benzene ring substituents is 1. The smallest absolute Gasteiger partial charge is 0.271 e. The van der Waals surface area contributed by atoms with Crippen LogP contribution in [0.5, 0.6) is 0 Å². The van der Waals surface area contributed by atoms with E-state index in [0.29, 0.717) is 13.0 Å². The van der Waals surface area contributed by atoms with Crippen molar-refractivity contribution in [1.29, 1.82) is 0 Å². The lowest BCUT2D eigenvalue weighted by atomic mass is 10.1. The Morgan fingerprint density at radius 1 is 1.20 bits per heavy atom. The molecule has 2 rings (SSSR count). The molecule has 0 saturated carbocycles. The van der Waals surface area contributed by atoms with E-state index in [1.165, 1.54) is 23.8 Å². The van der Waals surface area contributed by atoms with Crippen LogP contribution in [0.3, 0.4) is 0 Å². The molecule has 0 aromatic heterocycles. The zero-order chi connectivity index (χ0) is 22.3. The highest BCUT2D eigenvalue weighted by molar-refractivity contribution is 7.92. The van der Waals surface area contributed by atoms with Crippen molar-refractivity contribution in [2.75, 3.05) is 17.1 Å². The predicted molar refractivity (Wildman–Crippen MR) is 117 cm³/mol. The van der Waals surface area contributed by atoms with Crippen molar-refractivity contribution in [3.63, 3.8) is 0 Å². The zero-order valence-corrected chi connectivity index (χ0v) is 18.2. The van der Waals surface area contributed by atoms with E-state index in [9.17, 15) is 23.3 Å². The number of rotatable bonds is 10. The van der Waals surface area contributed by atoms with Crippen LogP contribution < -0.4 is 9.62 Å². The van der Waals surface area contributed by atoms with Gasteiger partial charge in [0.05, 0.1) is 16.9 Å². The summed E-state index contributed by atoms with van der Waals surface area (Å²) in [6.07, 6.45) is 2.71. The van der Waals surface area contributed by atoms with E-state index in [2.05, 4.69) is 5.32 Å². The van der Waals surface area contributed by atoms with E-state index in [-0.39, 0.29) is 17.8 Å². The fourth-order valence-electron chi connectivity index (χ4n) is 3.18. The molecule has 2 aromatic carbocycles. The van der Waals surface area contributed by atoms with Gasteiger partial charge in [-0.25, -0.2) is 8.42 Å². The number of carbonyl (C=O) groups is 1. The number of amides is 1. The Kier molecular flexibility index (Phi) is 7.93. The van der Waals surface area contributed by atoms with Gasteiger partial charge in [0, 0.05) is 18.7 Å². The summed E-state index contributed by atoms with van der Waals surface area (Å²) in [5, 5.41) is 13.9. The number of carbonyl (C=O) groups excluding carboxylic acids is 1. The number of nitrogens with one attached hydrogen (secondary N) is 1. The Hall–Kier alpha value is -2.94. The number of hydrogen-bond acceptors (Lipinski definition) is 5. The average Bonchev–Trinajstić information content (AvgIpc) is 2.69. The average molecular weight is 434 g/mol. The molecular weight excluding hydrogens is 406 g/mol. The molecule has 1 unspecified atom stereocenters. The number of nitro groups is 1. The van der Waals surface area contributed by atoms with Crippen LogP contribution in [0.2, 0.25) is 0 Å². The summed E-state index contributed by atoms with van der Waals surface area (Å²) >= 11 is 0. The van der Waals surface area contributed by atoms with Crippen LogP contribution in [0, 0.1) is 17.0 Å². The molecule has 0 saturated heterocycles. The minimum Gasteiger partial charge on any atom is -0.354 e. The third kappa shape index (κ3) is 6.28. The Balaban J connectivity index is 2.10. The SMILES string of the molecule is CCC(C(=O)NCCCc1ccc(C)cc1)N(c1cccc([N+](=O)[O-])c1)S(C)(=O)=O. The van der Waals surface area contributed by atoms with Crippen LogP contribution in [-0.2, 0) is 21.2 Å². The molecule has 1 atom stereocenters. The van der Waals surface area contributed by atoms with Crippen LogP contribution in [0.15, 0.2) is 48.5 Å². The van der Waals surface area contributed by atoms with E-state index in [4.69, 9.17) is 0 Å². The van der Waals surface area contributed by atoms with E-state index < -0.39 is 26.9 Å². The quantitative estimate of drug-likeness (QED) is 0.351. The molecule has 1 N–H and O–H groups in total. The summed E-state index contributed by atoms with van der Waals surface area (Å²) in [6, 6.07) is 12.4. The highest BCUT2D eigenvalue weighted by Gasteiger charge is 2.32. The second-order valence-corrected chi connectivity index (χ2v) is 9.00. The molecule has 30 heavy (non-hydrogen) atoms. The number of sulfonamides is 1. The molecular formula is C21H27N3O5S. The summed E-state index contributed by atoms with van der Waals surface area (Å²) in [5.74, 6) is -0.432. The van der Waals surface area contributed by atoms with Gasteiger partial charge in [-0.15, -0.1) is 0 Å². The van der Waals surface area contributed by atoms with Gasteiger partial charge in [0.2, 0.25) is 15.9 Å². The highest BCUT2D eigenvalue weighted by atomic mass is 32.2. The molecule has 0 fully saturated rings. The molecule has 8 nitrogen and oxygen atoms in total. The monoisotopic (exact) mass is 433 g/mol. The maximum absolute atomic E-state index is 12.8. The standard InChI is InChI=1S/C21H27N3O5S/c1-4-20(21(25)22-14-6-7-17-12-10-16(2)11-13-17)23(30(3,28)29)18-8-5-9-19(15-18)24(26)27/h5,8-13,15,20H,4,6-7,14H2,1-3H3,(H,22,25). The lowest BCUT2D eigenvalue weighted by Crippen LogP contribution is -2.49. The van der Waals surface area contributed by atoms with Crippen molar-refractivity contribution in [2.45, 2.75) is 39.2 Å². The Labute approximate surface area is 177 Å². The summed E-state index contributed by atoms with van der Waals surface area (Å²) < 4.78 is 25.8. The van der Waals surface area contributed by atoms with Gasteiger partial charge >= 0.3 is 0 Å². The number of nitrogens with zero attached hydrogens (tertiary/aromatic N) is 2. The number of hydrogen-bond donors (Lipinski definition) is 1. The van der Waals surface area contributed by atoms with Gasteiger partial charge in [-0.05, 0) is 37.8 Å². The van der Waals surface area contributed by atoms with Gasteiger partial charge in [-0.2, -0.15) is 0 Å². The predicted octanol–water partition coefficient (Wildman–Crippen LogP) is 3.20. The van der Waals surface area contributed by atoms with Crippen LogP contribution in [0.25, 0.3) is 0 Å². The second kappa shape index (κ2) is 10.2. The lowest BCUT2D eigenvalue weighted by molar-refractivity contribution is -0.384. The van der Waals surface area contributed by atoms with Crippen LogP contribution >= 0.6 is 0 Å². The first kappa shape index (κ1) is 23.3. The van der Waals surface area contributed by atoms with Gasteiger partial charge in [-0.1, -0.05) is 42.8 Å². The maximum Gasteiger partial charge on any atom is 0.271 e. The third-order valence-electron chi connectivity index (χ3n) is 4.69. The first-order valence-electron chi connectivity index (χ1n) is 9.70. The van der Waals surface area contributed by atoms with Gasteiger partial charge < -0.3 is 5.32 Å². The van der Waals surface area contributed by atoms with E-state index in [1.54, 1.807) is 6.92 Å². The molecule has 0 aliphatic rings. The van der Waals surface area contributed by atoms with Gasteiger partial charge in [0.1, 0.15) is 6.04 Å². The number of anilines is 1. The van der Waals surface area contributed by atoms with Gasteiger partial charge in [0.15, 0.2) is 0 Å². The normalized spacial score (nSPS) is 12.2. The van der Waals surface area contributed by atoms with Crippen molar-refractivity contribution >= 4 is 27.3 Å². The Morgan fingerprint density at radius 3 is 2.43 bits per heavy atom. The summed E-state index contributed by atoms with van der Waals surface area (Å²) in [4.78, 5) is 23.2. The second-order valence-electron chi connectivity index (χ2n) is 7.14. The van der Waals surface area contributed by atoms with Crippen molar-refractivity contribution < 1.29 is 18.1 Å². The van der Waals surface area contributed by atoms with E-state index >= 15 is 0 Å². The number of non-ortho nitro benzene ring substituents is 1. The minimum absolute atomic E-state index is 0.0911. The molecule has 162 valence electrons. The van der Waals surface area contributed by atoms with Crippen molar-refractivity contribution in [2.24, 2.45) is 0 Å². The molecule has 0 bridgehead atoms. The summed E-state index contributed by atoms with van der Waals surface area (Å²) in [7, 11) is -3.84. The molecule has 0 radical (unpaired) electrons. The van der Waals surface area contributed by atoms with Crippen LogP contribution in [0.4, 0.5) is 11.4 Å². The summed E-state index contributed by atoms with van der Waals surface area (Å²) in [6.45, 7) is 4.12. The van der Waals surface area contributed by atoms with Crippen molar-refractivity contribution in [3.8, 4) is 0 Å². The zero-order valence-electron chi connectivity index (χ0n) is 17.4. The topological polar surface area (TPSA) is 110 Å². The molecule has 1 amide bonds. The molecule has 9 heteroatoms. The number of benzene rings is 2. The molecule has 0 aliphatic heterocycles. The first-order valence-corrected chi connectivity index (χ1v) is 11.6. The summed E-state index contributed by atoms with van der Waals surface area (Å²) in [5.41, 5.74) is 2.19. The molecule has 0 heterocycles. The van der Waals surface area contributed by atoms with E-state index in [0.717, 1.165) is 28.6 Å². The fourth-order valence-corrected chi connectivity index (χ4v) is 4.38. The van der Waals surface area contributed by atoms with Gasteiger partial charge in [-0.3, -0.25) is 19.2 Å². The maximum atomic E-state index is 12.8. The largest absolute Gasteiger partial charge is 0.354 e. The van der Waals surface area contributed by atoms with E-state index in [1.807, 2.05) is 31.2 Å². The minimum atomic E-state index is -3.84. The number of aryl methyl sites for hydroxylation is 2. The molecule has 0 spiro atoms. The lowest BCUT2D eigenvalue weighted by Gasteiger charge is -2.30. The highest BCUT2D eigenvalue weighted by Crippen LogP contribution is 2.26. The van der Waals surface area contributed by atoms with Crippen molar-refractivity contribution in [3.05, 3.63) is 69.8 Å². The fraction of sp³-hybridized carbons (Fsp3) is 0.381. The van der Waals surface area contributed by atoms with Crippen LogP contribution in [-0.4, -0.2) is 38.1 Å². The third-order valence-corrected chi connectivity index (χ3v) is 5.87. The molecule has 0 aliphatic carbocycles. The molecule has 2 aromatic rings. The van der Waals surface area contributed by atoms with Crippen molar-refractivity contribution in [1.82, 2.24) is 5.32 Å². The van der Waals surface area contributed by atoms with Crippen LogP contribution in [0.1, 0.15) is 30.9 Å². The first-order chi connectivity index (χ1) is 14.1.